The number of halogens is 1. The first kappa shape index (κ1) is 18.3. The van der Waals surface area contributed by atoms with Crippen LogP contribution in [0.4, 0.5) is 4.39 Å². The normalized spacial score (nSPS) is 11.3. The number of hydrogen-bond acceptors (Lipinski definition) is 4. The van der Waals surface area contributed by atoms with Crippen molar-refractivity contribution in [1.29, 1.82) is 0 Å². The highest BCUT2D eigenvalue weighted by molar-refractivity contribution is 7.17. The van der Waals surface area contributed by atoms with Crippen LogP contribution in [0.3, 0.4) is 0 Å². The Kier molecular flexibility index (Phi) is 4.47. The lowest BCUT2D eigenvalue weighted by atomic mass is 10.1. The number of aryl methyl sites for hydroxylation is 1. The lowest BCUT2D eigenvalue weighted by Gasteiger charge is -2.06. The molecule has 0 saturated heterocycles. The van der Waals surface area contributed by atoms with E-state index in [9.17, 15) is 14.0 Å². The molecule has 0 spiro atoms. The molecule has 1 aromatic carbocycles. The molecular weight excluding hydrogens is 377 g/mol. The van der Waals surface area contributed by atoms with Crippen molar-refractivity contribution in [3.63, 3.8) is 0 Å². The largest absolute Gasteiger partial charge is 0.351 e. The van der Waals surface area contributed by atoms with Gasteiger partial charge in [-0.2, -0.15) is 0 Å². The van der Waals surface area contributed by atoms with Crippen LogP contribution in [0.15, 0.2) is 46.8 Å². The molecule has 0 aliphatic heterocycles. The number of nitrogens with zero attached hydrogens (tertiary/aromatic N) is 3. The minimum absolute atomic E-state index is 0.0786. The molecule has 3 aromatic heterocycles. The molecule has 0 bridgehead atoms. The summed E-state index contributed by atoms with van der Waals surface area (Å²) < 4.78 is 16.5. The number of benzene rings is 1. The molecule has 28 heavy (non-hydrogen) atoms. The summed E-state index contributed by atoms with van der Waals surface area (Å²) in [6.07, 6.45) is 1.42. The molecule has 0 aliphatic rings. The van der Waals surface area contributed by atoms with E-state index in [1.165, 1.54) is 34.4 Å². The van der Waals surface area contributed by atoms with E-state index in [2.05, 4.69) is 4.98 Å². The van der Waals surface area contributed by atoms with Gasteiger partial charge in [-0.1, -0.05) is 12.1 Å². The number of ketones is 1. The van der Waals surface area contributed by atoms with Crippen molar-refractivity contribution in [2.45, 2.75) is 20.4 Å². The van der Waals surface area contributed by atoms with Crippen molar-refractivity contribution in [3.05, 3.63) is 75.2 Å². The second-order valence-corrected chi connectivity index (χ2v) is 7.64. The van der Waals surface area contributed by atoms with E-state index in [4.69, 9.17) is 0 Å². The van der Waals surface area contributed by atoms with Crippen molar-refractivity contribution < 1.29 is 9.18 Å². The molecular formula is C21H18FN3O2S. The Morgan fingerprint density at radius 3 is 2.57 bits per heavy atom. The highest BCUT2D eigenvalue weighted by Crippen LogP contribution is 2.30. The fraction of sp³-hybridized carbons (Fsp3) is 0.190. The van der Waals surface area contributed by atoms with Gasteiger partial charge in [-0.15, -0.1) is 11.3 Å². The number of rotatable bonds is 4. The van der Waals surface area contributed by atoms with Gasteiger partial charge in [0.2, 0.25) is 0 Å². The molecule has 3 heterocycles. The molecule has 4 aromatic rings. The summed E-state index contributed by atoms with van der Waals surface area (Å²) in [6.45, 7) is 3.74. The third kappa shape index (κ3) is 2.97. The van der Waals surface area contributed by atoms with E-state index in [0.29, 0.717) is 21.3 Å². The van der Waals surface area contributed by atoms with Crippen LogP contribution in [-0.4, -0.2) is 19.9 Å². The Bertz CT molecular complexity index is 1270. The number of thiophene rings is 1. The lowest BCUT2D eigenvalue weighted by Crippen LogP contribution is -2.24. The van der Waals surface area contributed by atoms with E-state index in [1.807, 2.05) is 36.9 Å². The van der Waals surface area contributed by atoms with E-state index in [0.717, 1.165) is 17.0 Å². The Hall–Kier alpha value is -3.06. The van der Waals surface area contributed by atoms with Crippen LogP contribution >= 0.6 is 11.3 Å². The third-order valence-electron chi connectivity index (χ3n) is 5.11. The highest BCUT2D eigenvalue weighted by atomic mass is 32.1. The second-order valence-electron chi connectivity index (χ2n) is 6.78. The maximum atomic E-state index is 13.2. The van der Waals surface area contributed by atoms with Crippen LogP contribution in [0.1, 0.15) is 21.7 Å². The summed E-state index contributed by atoms with van der Waals surface area (Å²) in [5, 5.41) is 2.29. The summed E-state index contributed by atoms with van der Waals surface area (Å²) in [5.41, 5.74) is 3.63. The fourth-order valence-corrected chi connectivity index (χ4v) is 4.21. The molecule has 0 saturated carbocycles. The molecule has 0 amide bonds. The highest BCUT2D eigenvalue weighted by Gasteiger charge is 2.18. The Morgan fingerprint density at radius 1 is 1.21 bits per heavy atom. The van der Waals surface area contributed by atoms with Crippen LogP contribution in [0.2, 0.25) is 0 Å². The van der Waals surface area contributed by atoms with Crippen LogP contribution in [0, 0.1) is 19.7 Å². The first-order chi connectivity index (χ1) is 13.4. The standard InChI is InChI=1S/C21H18FN3O2S/c1-12-8-16(13(2)24(12)3)18(26)9-25-11-23-20-19(21(25)27)17(10-28-20)14-4-6-15(22)7-5-14/h4-8,10-11H,9H2,1-3H3. The molecule has 0 fully saturated rings. The zero-order valence-corrected chi connectivity index (χ0v) is 16.5. The van der Waals surface area contributed by atoms with Gasteiger partial charge in [0.1, 0.15) is 10.6 Å². The summed E-state index contributed by atoms with van der Waals surface area (Å²) in [7, 11) is 1.90. The molecule has 142 valence electrons. The van der Waals surface area contributed by atoms with Crippen LogP contribution in [0.25, 0.3) is 21.3 Å². The first-order valence-electron chi connectivity index (χ1n) is 8.75. The minimum Gasteiger partial charge on any atom is -0.351 e. The van der Waals surface area contributed by atoms with Gasteiger partial charge in [0.15, 0.2) is 5.78 Å². The SMILES string of the molecule is Cc1cc(C(=O)Cn2cnc3scc(-c4ccc(F)cc4)c3c2=O)c(C)n1C. The molecule has 0 N–H and O–H groups in total. The maximum absolute atomic E-state index is 13.2. The minimum atomic E-state index is -0.335. The van der Waals surface area contributed by atoms with Gasteiger partial charge in [0.25, 0.3) is 5.56 Å². The van der Waals surface area contributed by atoms with Gasteiger partial charge < -0.3 is 4.57 Å². The molecule has 0 aliphatic carbocycles. The summed E-state index contributed by atoms with van der Waals surface area (Å²) >= 11 is 1.35. The van der Waals surface area contributed by atoms with Crippen molar-refractivity contribution in [2.24, 2.45) is 7.05 Å². The molecule has 7 heteroatoms. The van der Waals surface area contributed by atoms with Gasteiger partial charge >= 0.3 is 0 Å². The number of Topliss-reactive ketones (excluding diaryl/α,β-unsaturated/α-hetero) is 1. The predicted octanol–water partition coefficient (Wildman–Crippen LogP) is 4.10. The lowest BCUT2D eigenvalue weighted by molar-refractivity contribution is 0.0970. The van der Waals surface area contributed by atoms with Crippen molar-refractivity contribution in [3.8, 4) is 11.1 Å². The summed E-state index contributed by atoms with van der Waals surface area (Å²) in [4.78, 5) is 30.8. The third-order valence-corrected chi connectivity index (χ3v) is 5.99. The van der Waals surface area contributed by atoms with Crippen LogP contribution < -0.4 is 5.56 Å². The number of hydrogen-bond donors (Lipinski definition) is 0. The molecule has 4 rings (SSSR count). The summed E-state index contributed by atoms with van der Waals surface area (Å²) in [5.74, 6) is -0.471. The molecule has 5 nitrogen and oxygen atoms in total. The topological polar surface area (TPSA) is 56.9 Å². The number of carbonyl (C=O) groups is 1. The smallest absolute Gasteiger partial charge is 0.263 e. The van der Waals surface area contributed by atoms with Gasteiger partial charge in [-0.25, -0.2) is 9.37 Å². The average molecular weight is 395 g/mol. The fourth-order valence-electron chi connectivity index (χ4n) is 3.30. The van der Waals surface area contributed by atoms with E-state index in [1.54, 1.807) is 12.1 Å². The Morgan fingerprint density at radius 2 is 1.93 bits per heavy atom. The maximum Gasteiger partial charge on any atom is 0.263 e. The summed E-state index contributed by atoms with van der Waals surface area (Å²) in [6, 6.07) is 7.82. The Balaban J connectivity index is 1.76. The number of aromatic nitrogens is 3. The van der Waals surface area contributed by atoms with Crippen LogP contribution in [-0.2, 0) is 13.6 Å². The molecule has 0 radical (unpaired) electrons. The van der Waals surface area contributed by atoms with Gasteiger partial charge in [0, 0.05) is 34.9 Å². The monoisotopic (exact) mass is 395 g/mol. The first-order valence-corrected chi connectivity index (χ1v) is 9.63. The number of carbonyl (C=O) groups excluding carboxylic acids is 1. The van der Waals surface area contributed by atoms with Crippen LogP contribution in [0.5, 0.6) is 0 Å². The molecule has 0 atom stereocenters. The number of fused-ring (bicyclic) bond motifs is 1. The van der Waals surface area contributed by atoms with Gasteiger partial charge in [0.05, 0.1) is 18.3 Å². The van der Waals surface area contributed by atoms with Crippen molar-refractivity contribution in [1.82, 2.24) is 14.1 Å². The van der Waals surface area contributed by atoms with E-state index >= 15 is 0 Å². The average Bonchev–Trinajstić information content (AvgIpc) is 3.22. The van der Waals surface area contributed by atoms with E-state index < -0.39 is 0 Å². The predicted molar refractivity (Wildman–Crippen MR) is 108 cm³/mol. The Labute approximate surface area is 164 Å². The van der Waals surface area contributed by atoms with Crippen molar-refractivity contribution >= 4 is 27.3 Å². The quantitative estimate of drug-likeness (QED) is 0.489. The zero-order chi connectivity index (χ0) is 20.0. The van der Waals surface area contributed by atoms with Crippen molar-refractivity contribution in [2.75, 3.05) is 0 Å². The zero-order valence-electron chi connectivity index (χ0n) is 15.7. The van der Waals surface area contributed by atoms with Gasteiger partial charge in [-0.05, 0) is 37.6 Å². The van der Waals surface area contributed by atoms with E-state index in [-0.39, 0.29) is 23.7 Å². The van der Waals surface area contributed by atoms with Gasteiger partial charge in [-0.3, -0.25) is 14.2 Å². The molecule has 0 unspecified atom stereocenters. The second kappa shape index (κ2) is 6.83.